The Morgan fingerprint density at radius 3 is 2.77 bits per heavy atom. The SMILES string of the molecule is CNC1CCC(NC(=O)c2cnc3c(c2)OCC(=O)N3)CC1. The summed E-state index contributed by atoms with van der Waals surface area (Å²) in [5.74, 6) is 0.413. The molecule has 1 saturated carbocycles. The maximum Gasteiger partial charge on any atom is 0.263 e. The zero-order valence-corrected chi connectivity index (χ0v) is 12.5. The van der Waals surface area contributed by atoms with Gasteiger partial charge in [0.2, 0.25) is 0 Å². The maximum atomic E-state index is 12.3. The summed E-state index contributed by atoms with van der Waals surface area (Å²) in [6.45, 7) is -0.0478. The van der Waals surface area contributed by atoms with Gasteiger partial charge in [0.15, 0.2) is 18.2 Å². The zero-order chi connectivity index (χ0) is 15.5. The summed E-state index contributed by atoms with van der Waals surface area (Å²) in [6, 6.07) is 2.38. The molecule has 118 valence electrons. The van der Waals surface area contributed by atoms with Crippen molar-refractivity contribution in [3.8, 4) is 5.75 Å². The van der Waals surface area contributed by atoms with E-state index in [1.165, 1.54) is 6.20 Å². The van der Waals surface area contributed by atoms with Crippen LogP contribution in [0, 0.1) is 0 Å². The van der Waals surface area contributed by atoms with Crippen molar-refractivity contribution in [3.63, 3.8) is 0 Å². The van der Waals surface area contributed by atoms with Crippen molar-refractivity contribution < 1.29 is 14.3 Å². The van der Waals surface area contributed by atoms with E-state index in [9.17, 15) is 9.59 Å². The third-order valence-corrected chi connectivity index (χ3v) is 4.20. The summed E-state index contributed by atoms with van der Waals surface area (Å²) < 4.78 is 5.28. The molecule has 1 aliphatic carbocycles. The molecule has 1 aliphatic heterocycles. The molecule has 0 radical (unpaired) electrons. The summed E-state index contributed by atoms with van der Waals surface area (Å²) in [4.78, 5) is 27.6. The predicted molar refractivity (Wildman–Crippen MR) is 80.9 cm³/mol. The lowest BCUT2D eigenvalue weighted by Gasteiger charge is -2.28. The Morgan fingerprint density at radius 1 is 1.32 bits per heavy atom. The lowest BCUT2D eigenvalue weighted by atomic mass is 9.91. The predicted octanol–water partition coefficient (Wildman–Crippen LogP) is 0.673. The monoisotopic (exact) mass is 304 g/mol. The number of carbonyl (C=O) groups is 2. The number of amides is 2. The second-order valence-electron chi connectivity index (χ2n) is 5.72. The molecule has 3 N–H and O–H groups in total. The molecule has 3 rings (SSSR count). The first-order chi connectivity index (χ1) is 10.7. The van der Waals surface area contributed by atoms with Crippen molar-refractivity contribution in [2.75, 3.05) is 19.0 Å². The highest BCUT2D eigenvalue weighted by molar-refractivity contribution is 5.97. The molecule has 1 aromatic heterocycles. The van der Waals surface area contributed by atoms with Gasteiger partial charge >= 0.3 is 0 Å². The van der Waals surface area contributed by atoms with Crippen LogP contribution in [-0.4, -0.2) is 42.5 Å². The highest BCUT2D eigenvalue weighted by atomic mass is 16.5. The van der Waals surface area contributed by atoms with E-state index in [0.29, 0.717) is 23.2 Å². The van der Waals surface area contributed by atoms with Crippen molar-refractivity contribution >= 4 is 17.6 Å². The molecule has 0 saturated heterocycles. The molecule has 0 spiro atoms. The normalized spacial score (nSPS) is 24.0. The minimum atomic E-state index is -0.238. The number of ether oxygens (including phenoxy) is 1. The number of hydrogen-bond acceptors (Lipinski definition) is 5. The lowest BCUT2D eigenvalue weighted by molar-refractivity contribution is -0.118. The maximum absolute atomic E-state index is 12.3. The van der Waals surface area contributed by atoms with Crippen LogP contribution >= 0.6 is 0 Å². The minimum Gasteiger partial charge on any atom is -0.480 e. The quantitative estimate of drug-likeness (QED) is 0.763. The molecule has 7 nitrogen and oxygen atoms in total. The average Bonchev–Trinajstić information content (AvgIpc) is 2.55. The minimum absolute atomic E-state index is 0.0478. The van der Waals surface area contributed by atoms with Gasteiger partial charge in [-0.3, -0.25) is 9.59 Å². The standard InChI is InChI=1S/C15H20N4O3/c1-16-10-2-4-11(5-3-10)18-15(21)9-6-12-14(17-7-9)19-13(20)8-22-12/h6-7,10-11,16H,2-5,8H2,1H3,(H,18,21)(H,17,19,20). The summed E-state index contributed by atoms with van der Waals surface area (Å²) in [5, 5.41) is 8.92. The molecular formula is C15H20N4O3. The topological polar surface area (TPSA) is 92.3 Å². The molecule has 0 aromatic carbocycles. The van der Waals surface area contributed by atoms with Gasteiger partial charge in [0.25, 0.3) is 11.8 Å². The number of fused-ring (bicyclic) bond motifs is 1. The number of rotatable bonds is 3. The Kier molecular flexibility index (Phi) is 4.24. The molecule has 2 amide bonds. The van der Waals surface area contributed by atoms with E-state index in [-0.39, 0.29) is 24.5 Å². The van der Waals surface area contributed by atoms with Gasteiger partial charge in [-0.1, -0.05) is 0 Å². The van der Waals surface area contributed by atoms with Crippen LogP contribution in [0.1, 0.15) is 36.0 Å². The number of hydrogen-bond donors (Lipinski definition) is 3. The van der Waals surface area contributed by atoms with Crippen LogP contribution in [0.25, 0.3) is 0 Å². The van der Waals surface area contributed by atoms with Crippen LogP contribution in [0.2, 0.25) is 0 Å². The fraction of sp³-hybridized carbons (Fsp3) is 0.533. The molecular weight excluding hydrogens is 284 g/mol. The fourth-order valence-electron chi connectivity index (χ4n) is 2.88. The van der Waals surface area contributed by atoms with Crippen molar-refractivity contribution in [2.45, 2.75) is 37.8 Å². The van der Waals surface area contributed by atoms with E-state index in [4.69, 9.17) is 4.74 Å². The Labute approximate surface area is 128 Å². The Morgan fingerprint density at radius 2 is 2.05 bits per heavy atom. The summed E-state index contributed by atoms with van der Waals surface area (Å²) in [6.07, 6.45) is 5.55. The number of nitrogens with one attached hydrogen (secondary N) is 3. The third-order valence-electron chi connectivity index (χ3n) is 4.20. The first-order valence-electron chi connectivity index (χ1n) is 7.56. The van der Waals surface area contributed by atoms with Gasteiger partial charge in [0.1, 0.15) is 0 Å². The van der Waals surface area contributed by atoms with Gasteiger partial charge in [-0.15, -0.1) is 0 Å². The second-order valence-corrected chi connectivity index (χ2v) is 5.72. The van der Waals surface area contributed by atoms with Crippen LogP contribution in [0.3, 0.4) is 0 Å². The first kappa shape index (κ1) is 14.8. The fourth-order valence-corrected chi connectivity index (χ4v) is 2.88. The van der Waals surface area contributed by atoms with Crippen LogP contribution in [0.15, 0.2) is 12.3 Å². The van der Waals surface area contributed by atoms with Crippen LogP contribution in [-0.2, 0) is 4.79 Å². The van der Waals surface area contributed by atoms with Crippen molar-refractivity contribution in [3.05, 3.63) is 17.8 Å². The van der Waals surface area contributed by atoms with Gasteiger partial charge < -0.3 is 20.7 Å². The van der Waals surface area contributed by atoms with Gasteiger partial charge in [0, 0.05) is 18.3 Å². The van der Waals surface area contributed by atoms with Crippen molar-refractivity contribution in [2.24, 2.45) is 0 Å². The third kappa shape index (κ3) is 3.19. The summed E-state index contributed by atoms with van der Waals surface area (Å²) >= 11 is 0. The van der Waals surface area contributed by atoms with Gasteiger partial charge in [-0.2, -0.15) is 0 Å². The van der Waals surface area contributed by atoms with E-state index in [1.807, 2.05) is 7.05 Å². The van der Waals surface area contributed by atoms with Gasteiger partial charge in [-0.05, 0) is 38.8 Å². The van der Waals surface area contributed by atoms with E-state index < -0.39 is 0 Å². The van der Waals surface area contributed by atoms with Crippen molar-refractivity contribution in [1.82, 2.24) is 15.6 Å². The second kappa shape index (κ2) is 6.31. The molecule has 0 atom stereocenters. The van der Waals surface area contributed by atoms with E-state index in [1.54, 1.807) is 6.07 Å². The zero-order valence-electron chi connectivity index (χ0n) is 12.5. The Bertz CT molecular complexity index is 582. The number of anilines is 1. The summed E-state index contributed by atoms with van der Waals surface area (Å²) in [5.41, 5.74) is 0.450. The van der Waals surface area contributed by atoms with E-state index in [0.717, 1.165) is 25.7 Å². The van der Waals surface area contributed by atoms with Gasteiger partial charge in [0.05, 0.1) is 5.56 Å². The Hall–Kier alpha value is -2.15. The number of pyridine rings is 1. The average molecular weight is 304 g/mol. The Balaban J connectivity index is 1.62. The molecule has 1 aromatic rings. The van der Waals surface area contributed by atoms with Crippen LogP contribution in [0.4, 0.5) is 5.82 Å². The molecule has 0 unspecified atom stereocenters. The number of nitrogens with zero attached hydrogens (tertiary/aromatic N) is 1. The van der Waals surface area contributed by atoms with E-state index in [2.05, 4.69) is 20.9 Å². The molecule has 1 fully saturated rings. The highest BCUT2D eigenvalue weighted by Crippen LogP contribution is 2.26. The lowest BCUT2D eigenvalue weighted by Crippen LogP contribution is -2.41. The molecule has 7 heteroatoms. The number of carbonyl (C=O) groups excluding carboxylic acids is 2. The van der Waals surface area contributed by atoms with Crippen molar-refractivity contribution in [1.29, 1.82) is 0 Å². The molecule has 2 aliphatic rings. The van der Waals surface area contributed by atoms with E-state index >= 15 is 0 Å². The largest absolute Gasteiger partial charge is 0.480 e. The molecule has 2 heterocycles. The number of aromatic nitrogens is 1. The molecule has 0 bridgehead atoms. The first-order valence-corrected chi connectivity index (χ1v) is 7.56. The summed E-state index contributed by atoms with van der Waals surface area (Å²) in [7, 11) is 1.97. The molecule has 22 heavy (non-hydrogen) atoms. The van der Waals surface area contributed by atoms with Gasteiger partial charge in [-0.25, -0.2) is 4.98 Å². The van der Waals surface area contributed by atoms with Crippen LogP contribution in [0.5, 0.6) is 5.75 Å². The van der Waals surface area contributed by atoms with Crippen LogP contribution < -0.4 is 20.7 Å². The highest BCUT2D eigenvalue weighted by Gasteiger charge is 2.23. The smallest absolute Gasteiger partial charge is 0.263 e.